The number of aromatic nitrogens is 4. The van der Waals surface area contributed by atoms with E-state index in [1.54, 1.807) is 13.1 Å². The molecule has 0 bridgehead atoms. The first-order valence-electron chi connectivity index (χ1n) is 10.2. The predicted octanol–water partition coefficient (Wildman–Crippen LogP) is 0.914. The first-order valence-corrected chi connectivity index (χ1v) is 10.2. The molecule has 3 heterocycles. The molecule has 1 fully saturated rings. The van der Waals surface area contributed by atoms with Crippen LogP contribution in [0.25, 0.3) is 0 Å². The number of hydrogen-bond acceptors (Lipinski definition) is 10. The third-order valence-electron chi connectivity index (χ3n) is 5.25. The van der Waals surface area contributed by atoms with Crippen molar-refractivity contribution in [3.8, 4) is 6.07 Å². The van der Waals surface area contributed by atoms with E-state index in [1.165, 1.54) is 12.4 Å². The molecule has 11 heteroatoms. The van der Waals surface area contributed by atoms with Gasteiger partial charge in [0.15, 0.2) is 17.2 Å². The summed E-state index contributed by atoms with van der Waals surface area (Å²) >= 11 is 0. The van der Waals surface area contributed by atoms with Crippen LogP contribution in [-0.4, -0.2) is 65.5 Å². The molecule has 1 aliphatic heterocycles. The van der Waals surface area contributed by atoms with Gasteiger partial charge in [0.1, 0.15) is 11.9 Å². The highest BCUT2D eigenvalue weighted by molar-refractivity contribution is 5.97. The normalized spacial score (nSPS) is 21.3. The van der Waals surface area contributed by atoms with Crippen LogP contribution >= 0.6 is 0 Å². The van der Waals surface area contributed by atoms with Crippen LogP contribution in [0.5, 0.6) is 0 Å². The molecule has 2 aromatic rings. The van der Waals surface area contributed by atoms with Crippen molar-refractivity contribution >= 4 is 23.2 Å². The summed E-state index contributed by atoms with van der Waals surface area (Å²) < 4.78 is 5.91. The lowest BCUT2D eigenvalue weighted by Crippen LogP contribution is -2.42. The average Bonchev–Trinajstić information content (AvgIpc) is 2.78. The van der Waals surface area contributed by atoms with Crippen LogP contribution in [0.2, 0.25) is 0 Å². The molecular formula is C20H27N9O2. The van der Waals surface area contributed by atoms with Gasteiger partial charge in [-0.2, -0.15) is 5.26 Å². The largest absolute Gasteiger partial charge is 0.383 e. The fraction of sp³-hybridized carbons (Fsp3) is 0.500. The third kappa shape index (κ3) is 5.84. The zero-order valence-corrected chi connectivity index (χ0v) is 17.8. The molecule has 0 aromatic carbocycles. The molecule has 3 rings (SSSR count). The Morgan fingerprint density at radius 3 is 2.84 bits per heavy atom. The number of hydrogen-bond donors (Lipinski definition) is 4. The minimum atomic E-state index is -0.337. The topological polar surface area (TPSA) is 150 Å². The van der Waals surface area contributed by atoms with E-state index in [4.69, 9.17) is 10.00 Å². The highest BCUT2D eigenvalue weighted by Crippen LogP contribution is 2.23. The Hall–Kier alpha value is -3.36. The van der Waals surface area contributed by atoms with Gasteiger partial charge in [0, 0.05) is 32.1 Å². The van der Waals surface area contributed by atoms with Crippen molar-refractivity contribution in [2.45, 2.75) is 20.0 Å². The van der Waals surface area contributed by atoms with E-state index < -0.39 is 0 Å². The Balaban J connectivity index is 1.79. The molecule has 0 aliphatic carbocycles. The molecule has 0 saturated carbocycles. The number of rotatable bonds is 6. The Bertz CT molecular complexity index is 917. The van der Waals surface area contributed by atoms with Gasteiger partial charge in [-0.05, 0) is 19.4 Å². The van der Waals surface area contributed by atoms with Crippen molar-refractivity contribution in [3.63, 3.8) is 0 Å². The number of carbonyl (C=O) groups excluding carboxylic acids is 1. The minimum Gasteiger partial charge on any atom is -0.383 e. The van der Waals surface area contributed by atoms with Gasteiger partial charge in [-0.1, -0.05) is 6.92 Å². The summed E-state index contributed by atoms with van der Waals surface area (Å²) in [6.07, 6.45) is 2.87. The molecule has 3 atom stereocenters. The molecule has 0 radical (unpaired) electrons. The van der Waals surface area contributed by atoms with Gasteiger partial charge in [-0.3, -0.25) is 4.79 Å². The van der Waals surface area contributed by atoms with E-state index in [9.17, 15) is 4.79 Å². The summed E-state index contributed by atoms with van der Waals surface area (Å²) in [5.41, 5.74) is 0.963. The van der Waals surface area contributed by atoms with E-state index in [-0.39, 0.29) is 29.3 Å². The summed E-state index contributed by atoms with van der Waals surface area (Å²) in [6, 6.07) is 3.62. The lowest BCUT2D eigenvalue weighted by atomic mass is 9.88. The summed E-state index contributed by atoms with van der Waals surface area (Å²) in [4.78, 5) is 20.4. The second-order valence-corrected chi connectivity index (χ2v) is 7.40. The van der Waals surface area contributed by atoms with Gasteiger partial charge in [0.25, 0.3) is 5.91 Å². The third-order valence-corrected chi connectivity index (χ3v) is 5.25. The van der Waals surface area contributed by atoms with Crippen molar-refractivity contribution in [1.29, 1.82) is 5.26 Å². The van der Waals surface area contributed by atoms with E-state index >= 15 is 0 Å². The standard InChI is InChI=1S/C20H27N9O2/c1-12-8-23-4-5-31-13(2)15(12)10-25-16-6-17(28-29-19(16)20(30)22-3)27-18-11-24-14(7-21)9-26-18/h6,9,11-13,15,23H,4-5,8,10H2,1-3H3,(H,22,30)(H2,25,26,27,28)/t12?,13?,15-/m0/s1. The van der Waals surface area contributed by atoms with E-state index in [2.05, 4.69) is 55.3 Å². The Morgan fingerprint density at radius 1 is 1.29 bits per heavy atom. The van der Waals surface area contributed by atoms with E-state index in [0.717, 1.165) is 13.1 Å². The summed E-state index contributed by atoms with van der Waals surface area (Å²) in [5.74, 6) is 1.09. The number of nitrogens with zero attached hydrogens (tertiary/aromatic N) is 5. The van der Waals surface area contributed by atoms with Crippen LogP contribution in [0.4, 0.5) is 17.3 Å². The minimum absolute atomic E-state index is 0.0781. The van der Waals surface area contributed by atoms with Gasteiger partial charge in [-0.15, -0.1) is 10.2 Å². The number of nitrogens with one attached hydrogen (secondary N) is 4. The molecule has 1 aliphatic rings. The fourth-order valence-corrected chi connectivity index (χ4v) is 3.43. The SMILES string of the molecule is CNC(=O)c1nnc(Nc2cnc(C#N)cn2)cc1NC[C@H]1C(C)CNCCOC1C. The molecule has 11 nitrogen and oxygen atoms in total. The maximum absolute atomic E-state index is 12.3. The zero-order valence-electron chi connectivity index (χ0n) is 17.8. The molecule has 1 saturated heterocycles. The molecule has 164 valence electrons. The number of carbonyl (C=O) groups is 1. The number of nitriles is 1. The highest BCUT2D eigenvalue weighted by atomic mass is 16.5. The second kappa shape index (κ2) is 10.6. The van der Waals surface area contributed by atoms with Gasteiger partial charge < -0.3 is 26.0 Å². The lowest BCUT2D eigenvalue weighted by molar-refractivity contribution is 0.00242. The van der Waals surface area contributed by atoms with Crippen LogP contribution in [0, 0.1) is 23.2 Å². The van der Waals surface area contributed by atoms with Crippen molar-refractivity contribution in [2.24, 2.45) is 11.8 Å². The molecular weight excluding hydrogens is 398 g/mol. The van der Waals surface area contributed by atoms with E-state index in [1.807, 2.05) is 6.07 Å². The van der Waals surface area contributed by atoms with Crippen molar-refractivity contribution < 1.29 is 9.53 Å². The van der Waals surface area contributed by atoms with Crippen LogP contribution < -0.4 is 21.3 Å². The van der Waals surface area contributed by atoms with Crippen molar-refractivity contribution in [3.05, 3.63) is 29.8 Å². The molecule has 31 heavy (non-hydrogen) atoms. The first-order chi connectivity index (χ1) is 15.0. The van der Waals surface area contributed by atoms with Crippen molar-refractivity contribution in [2.75, 3.05) is 43.9 Å². The van der Waals surface area contributed by atoms with E-state index in [0.29, 0.717) is 36.4 Å². The quantitative estimate of drug-likeness (QED) is 0.526. The number of ether oxygens (including phenoxy) is 1. The molecule has 0 spiro atoms. The van der Waals surface area contributed by atoms with Crippen LogP contribution in [-0.2, 0) is 4.74 Å². The monoisotopic (exact) mass is 425 g/mol. The van der Waals surface area contributed by atoms with Crippen molar-refractivity contribution in [1.82, 2.24) is 30.8 Å². The smallest absolute Gasteiger partial charge is 0.273 e. The Morgan fingerprint density at radius 2 is 2.13 bits per heavy atom. The average molecular weight is 425 g/mol. The van der Waals surface area contributed by atoms with Crippen LogP contribution in [0.1, 0.15) is 30.0 Å². The predicted molar refractivity (Wildman–Crippen MR) is 115 cm³/mol. The maximum atomic E-state index is 12.3. The molecule has 2 unspecified atom stereocenters. The highest BCUT2D eigenvalue weighted by Gasteiger charge is 2.26. The Labute approximate surface area is 181 Å². The van der Waals surface area contributed by atoms with Gasteiger partial charge in [-0.25, -0.2) is 9.97 Å². The number of anilines is 3. The maximum Gasteiger partial charge on any atom is 0.273 e. The summed E-state index contributed by atoms with van der Waals surface area (Å²) in [5, 5.41) is 29.3. The first kappa shape index (κ1) is 22.3. The summed E-state index contributed by atoms with van der Waals surface area (Å²) in [7, 11) is 1.55. The fourth-order valence-electron chi connectivity index (χ4n) is 3.43. The van der Waals surface area contributed by atoms with Crippen LogP contribution in [0.15, 0.2) is 18.5 Å². The second-order valence-electron chi connectivity index (χ2n) is 7.40. The van der Waals surface area contributed by atoms with Gasteiger partial charge >= 0.3 is 0 Å². The lowest BCUT2D eigenvalue weighted by Gasteiger charge is -2.32. The molecule has 1 amide bonds. The molecule has 2 aromatic heterocycles. The zero-order chi connectivity index (χ0) is 22.2. The summed E-state index contributed by atoms with van der Waals surface area (Å²) in [6.45, 7) is 7.29. The Kier molecular flexibility index (Phi) is 7.64. The van der Waals surface area contributed by atoms with Crippen LogP contribution in [0.3, 0.4) is 0 Å². The van der Waals surface area contributed by atoms with Gasteiger partial charge in [0.2, 0.25) is 0 Å². The van der Waals surface area contributed by atoms with Gasteiger partial charge in [0.05, 0.1) is 30.8 Å². The number of amides is 1. The molecule has 4 N–H and O–H groups in total.